The first-order valence-corrected chi connectivity index (χ1v) is 25.1. The molecule has 6 nitrogen and oxygen atoms in total. The maximum absolute atomic E-state index is 12.4. The molecule has 0 aliphatic rings. The van der Waals surface area contributed by atoms with Gasteiger partial charge in [-0.1, -0.05) is 205 Å². The first-order valence-electron chi connectivity index (χ1n) is 25.1. The smallest absolute Gasteiger partial charge is 0.305 e. The second-order valence-corrected chi connectivity index (χ2v) is 17.1. The summed E-state index contributed by atoms with van der Waals surface area (Å²) in [5.74, 6) is -0.0548. The van der Waals surface area contributed by atoms with Gasteiger partial charge in [0.15, 0.2) is 0 Å². The Morgan fingerprint density at radius 2 is 0.842 bits per heavy atom. The number of carbonyl (C=O) groups excluding carboxylic acids is 2. The Morgan fingerprint density at radius 1 is 0.474 bits per heavy atom. The summed E-state index contributed by atoms with van der Waals surface area (Å²) < 4.78 is 5.44. The molecular weight excluding hydrogens is 707 g/mol. The molecule has 0 spiro atoms. The minimum Gasteiger partial charge on any atom is -0.466 e. The Balaban J connectivity index is 3.44. The standard InChI is InChI=1S/C51H97NO5/c1-3-5-7-9-11-13-24-29-33-37-41-45-51(56)57-46-42-38-34-30-26-23-21-19-17-15-16-18-20-22-25-28-32-36-40-44-50(55)52-48(47-53)49(54)43-39-35-31-27-14-12-10-8-6-4-2/h9,11,15-16,48-49,53-54H,3-8,10,12-14,17-47H2,1-2H3,(H,52,55)/b11-9-,16-15-. The van der Waals surface area contributed by atoms with Crippen LogP contribution < -0.4 is 5.32 Å². The summed E-state index contributed by atoms with van der Waals surface area (Å²) in [5, 5.41) is 23.1. The third-order valence-electron chi connectivity index (χ3n) is 11.5. The third-order valence-corrected chi connectivity index (χ3v) is 11.5. The lowest BCUT2D eigenvalue weighted by Gasteiger charge is -2.22. The van der Waals surface area contributed by atoms with E-state index in [-0.39, 0.29) is 18.5 Å². The molecule has 2 unspecified atom stereocenters. The van der Waals surface area contributed by atoms with Crippen molar-refractivity contribution in [3.63, 3.8) is 0 Å². The maximum Gasteiger partial charge on any atom is 0.305 e. The molecule has 0 aliphatic heterocycles. The van der Waals surface area contributed by atoms with E-state index in [2.05, 4.69) is 43.5 Å². The minimum atomic E-state index is -0.668. The first kappa shape index (κ1) is 55.3. The highest BCUT2D eigenvalue weighted by atomic mass is 16.5. The van der Waals surface area contributed by atoms with Gasteiger partial charge in [-0.3, -0.25) is 9.59 Å². The molecule has 6 heteroatoms. The predicted molar refractivity (Wildman–Crippen MR) is 246 cm³/mol. The molecule has 0 rings (SSSR count). The lowest BCUT2D eigenvalue weighted by Crippen LogP contribution is -2.45. The fourth-order valence-electron chi connectivity index (χ4n) is 7.55. The van der Waals surface area contributed by atoms with Crippen LogP contribution in [-0.2, 0) is 14.3 Å². The SMILES string of the molecule is CCCC/C=C\CCCCCCCC(=O)OCCCCCCCCCC/C=C\CCCCCCCCCC(=O)NC(CO)C(O)CCCCCCCCCCCC. The number of aliphatic hydroxyl groups is 2. The van der Waals surface area contributed by atoms with Crippen LogP contribution in [0.5, 0.6) is 0 Å². The van der Waals surface area contributed by atoms with E-state index >= 15 is 0 Å². The molecule has 0 aromatic heterocycles. The first-order chi connectivity index (χ1) is 28.0. The second kappa shape index (κ2) is 47.0. The molecule has 336 valence electrons. The van der Waals surface area contributed by atoms with Crippen LogP contribution in [0.15, 0.2) is 24.3 Å². The van der Waals surface area contributed by atoms with E-state index in [0.717, 1.165) is 44.9 Å². The van der Waals surface area contributed by atoms with Crippen LogP contribution in [0.1, 0.15) is 264 Å². The quantitative estimate of drug-likeness (QED) is 0.0324. The van der Waals surface area contributed by atoms with Gasteiger partial charge in [-0.15, -0.1) is 0 Å². The van der Waals surface area contributed by atoms with Crippen molar-refractivity contribution >= 4 is 11.9 Å². The molecule has 2 atom stereocenters. The Kier molecular flexibility index (Phi) is 45.7. The molecule has 0 fully saturated rings. The number of hydrogen-bond donors (Lipinski definition) is 3. The van der Waals surface area contributed by atoms with Crippen molar-refractivity contribution in [1.82, 2.24) is 5.32 Å². The van der Waals surface area contributed by atoms with Crippen LogP contribution in [0.2, 0.25) is 0 Å². The van der Waals surface area contributed by atoms with Gasteiger partial charge in [0.05, 0.1) is 25.4 Å². The monoisotopic (exact) mass is 804 g/mol. The van der Waals surface area contributed by atoms with E-state index in [4.69, 9.17) is 4.74 Å². The van der Waals surface area contributed by atoms with Crippen LogP contribution in [0.4, 0.5) is 0 Å². The Hall–Kier alpha value is -1.66. The largest absolute Gasteiger partial charge is 0.466 e. The summed E-state index contributed by atoms with van der Waals surface area (Å²) in [4.78, 5) is 24.3. The highest BCUT2D eigenvalue weighted by molar-refractivity contribution is 5.76. The van der Waals surface area contributed by atoms with E-state index in [1.165, 1.54) is 186 Å². The number of carbonyl (C=O) groups is 2. The summed E-state index contributed by atoms with van der Waals surface area (Å²) in [6.45, 7) is 4.88. The van der Waals surface area contributed by atoms with Gasteiger partial charge >= 0.3 is 5.97 Å². The molecule has 3 N–H and O–H groups in total. The van der Waals surface area contributed by atoms with Crippen LogP contribution in [0.25, 0.3) is 0 Å². The number of rotatable bonds is 46. The number of amides is 1. The van der Waals surface area contributed by atoms with Gasteiger partial charge in [0.2, 0.25) is 5.91 Å². The summed E-state index contributed by atoms with van der Waals surface area (Å²) in [5.41, 5.74) is 0. The number of esters is 1. The zero-order valence-corrected chi connectivity index (χ0v) is 38.1. The fraction of sp³-hybridized carbons (Fsp3) is 0.882. The normalized spacial score (nSPS) is 12.8. The number of aliphatic hydroxyl groups excluding tert-OH is 2. The minimum absolute atomic E-state index is 0.00773. The molecule has 1 amide bonds. The second-order valence-electron chi connectivity index (χ2n) is 17.1. The third kappa shape index (κ3) is 43.7. The summed E-state index contributed by atoms with van der Waals surface area (Å²) >= 11 is 0. The number of unbranched alkanes of at least 4 members (excludes halogenated alkanes) is 31. The van der Waals surface area contributed by atoms with E-state index in [9.17, 15) is 19.8 Å². The number of hydrogen-bond acceptors (Lipinski definition) is 5. The summed E-state index contributed by atoms with van der Waals surface area (Å²) in [6.07, 6.45) is 54.4. The van der Waals surface area contributed by atoms with Gasteiger partial charge in [0.25, 0.3) is 0 Å². The lowest BCUT2D eigenvalue weighted by atomic mass is 10.0. The maximum atomic E-state index is 12.4. The van der Waals surface area contributed by atoms with Gasteiger partial charge in [-0.25, -0.2) is 0 Å². The molecule has 0 aromatic rings. The predicted octanol–water partition coefficient (Wildman–Crippen LogP) is 14.7. The molecule has 0 heterocycles. The fourth-order valence-corrected chi connectivity index (χ4v) is 7.55. The topological polar surface area (TPSA) is 95.9 Å². The number of ether oxygens (including phenoxy) is 1. The molecular formula is C51H97NO5. The van der Waals surface area contributed by atoms with Crippen LogP contribution >= 0.6 is 0 Å². The van der Waals surface area contributed by atoms with E-state index in [1.807, 2.05) is 0 Å². The van der Waals surface area contributed by atoms with Crippen molar-refractivity contribution < 1.29 is 24.5 Å². The number of allylic oxidation sites excluding steroid dienone is 4. The Labute approximate surface area is 354 Å². The molecule has 0 radical (unpaired) electrons. The summed E-state index contributed by atoms with van der Waals surface area (Å²) in [6, 6.07) is -0.546. The molecule has 0 aromatic carbocycles. The Morgan fingerprint density at radius 3 is 1.30 bits per heavy atom. The lowest BCUT2D eigenvalue weighted by molar-refractivity contribution is -0.143. The highest BCUT2D eigenvalue weighted by Crippen LogP contribution is 2.15. The van der Waals surface area contributed by atoms with Crippen LogP contribution in [0, 0.1) is 0 Å². The van der Waals surface area contributed by atoms with Crippen LogP contribution in [0.3, 0.4) is 0 Å². The number of nitrogens with one attached hydrogen (secondary N) is 1. The van der Waals surface area contributed by atoms with Gasteiger partial charge in [-0.05, 0) is 70.6 Å². The molecule has 0 bridgehead atoms. The van der Waals surface area contributed by atoms with E-state index < -0.39 is 12.1 Å². The van der Waals surface area contributed by atoms with Crippen molar-refractivity contribution in [2.75, 3.05) is 13.2 Å². The van der Waals surface area contributed by atoms with Gasteiger partial charge in [-0.2, -0.15) is 0 Å². The van der Waals surface area contributed by atoms with Gasteiger partial charge in [0.1, 0.15) is 0 Å². The zero-order chi connectivity index (χ0) is 41.5. The van der Waals surface area contributed by atoms with Crippen molar-refractivity contribution in [2.45, 2.75) is 276 Å². The Bertz CT molecular complexity index is 889. The van der Waals surface area contributed by atoms with Crippen molar-refractivity contribution in [3.05, 3.63) is 24.3 Å². The van der Waals surface area contributed by atoms with Crippen LogP contribution in [-0.4, -0.2) is 47.4 Å². The zero-order valence-electron chi connectivity index (χ0n) is 38.1. The van der Waals surface area contributed by atoms with E-state index in [1.54, 1.807) is 0 Å². The van der Waals surface area contributed by atoms with Crippen molar-refractivity contribution in [2.24, 2.45) is 0 Å². The van der Waals surface area contributed by atoms with Gasteiger partial charge < -0.3 is 20.3 Å². The van der Waals surface area contributed by atoms with Crippen molar-refractivity contribution in [3.8, 4) is 0 Å². The van der Waals surface area contributed by atoms with Crippen molar-refractivity contribution in [1.29, 1.82) is 0 Å². The molecule has 57 heavy (non-hydrogen) atoms. The highest BCUT2D eigenvalue weighted by Gasteiger charge is 2.20. The van der Waals surface area contributed by atoms with Gasteiger partial charge in [0, 0.05) is 12.8 Å². The molecule has 0 aliphatic carbocycles. The molecule has 0 saturated carbocycles. The average molecular weight is 804 g/mol. The van der Waals surface area contributed by atoms with E-state index in [0.29, 0.717) is 25.9 Å². The summed E-state index contributed by atoms with van der Waals surface area (Å²) in [7, 11) is 0. The average Bonchev–Trinajstić information content (AvgIpc) is 3.21. The molecule has 0 saturated heterocycles.